The lowest BCUT2D eigenvalue weighted by Gasteiger charge is -2.17. The fourth-order valence-corrected chi connectivity index (χ4v) is 6.23. The minimum atomic E-state index is -0.484. The predicted octanol–water partition coefficient (Wildman–Crippen LogP) is 8.13. The van der Waals surface area contributed by atoms with E-state index >= 15 is 0 Å². The van der Waals surface area contributed by atoms with Crippen molar-refractivity contribution in [3.63, 3.8) is 0 Å². The van der Waals surface area contributed by atoms with Crippen molar-refractivity contribution in [2.45, 2.75) is 0 Å². The van der Waals surface area contributed by atoms with Crippen molar-refractivity contribution in [1.82, 2.24) is 28.7 Å². The van der Waals surface area contributed by atoms with E-state index in [1.165, 1.54) is 21.3 Å². The van der Waals surface area contributed by atoms with E-state index in [1.54, 1.807) is 110 Å². The molecule has 302 valence electrons. The first kappa shape index (κ1) is 39.8. The van der Waals surface area contributed by atoms with Crippen LogP contribution in [0.4, 0.5) is 34.1 Å². The second-order valence-electron chi connectivity index (χ2n) is 13.6. The number of hydrogen-bond acceptors (Lipinski definition) is 11. The molecule has 0 aliphatic rings. The molecule has 0 radical (unpaired) electrons. The molecule has 0 bridgehead atoms. The molecule has 8 aromatic rings. The number of nitro benzene ring substituents is 1. The zero-order chi connectivity index (χ0) is 42.3. The Kier molecular flexibility index (Phi) is 11.5. The molecule has 0 saturated carbocycles. The van der Waals surface area contributed by atoms with Crippen LogP contribution in [0, 0.1) is 10.1 Å². The van der Waals surface area contributed by atoms with Crippen LogP contribution < -0.4 is 37.0 Å². The van der Waals surface area contributed by atoms with Crippen molar-refractivity contribution < 1.29 is 14.4 Å². The molecule has 0 amide bonds. The highest BCUT2D eigenvalue weighted by molar-refractivity contribution is 5.87. The van der Waals surface area contributed by atoms with Gasteiger partial charge in [0.2, 0.25) is 16.9 Å². The van der Waals surface area contributed by atoms with Crippen LogP contribution in [-0.2, 0) is 28.2 Å². The van der Waals surface area contributed by atoms with E-state index in [4.69, 9.17) is 15.2 Å². The van der Waals surface area contributed by atoms with Crippen LogP contribution in [0.5, 0.6) is 23.0 Å². The number of rotatable bonds is 11. The van der Waals surface area contributed by atoms with Gasteiger partial charge in [0.1, 0.15) is 17.2 Å². The normalized spacial score (nSPS) is 10.7. The molecular formula is C44H40N10O6. The molecule has 0 aliphatic carbocycles. The highest BCUT2D eigenvalue weighted by Crippen LogP contribution is 2.46. The van der Waals surface area contributed by atoms with Gasteiger partial charge in [-0.3, -0.25) is 29.1 Å². The molecule has 0 saturated heterocycles. The molecular weight excluding hydrogens is 765 g/mol. The SMILES string of the molecule is Cn1cc(Nc2ccc(-c3ccc(=O)n(C)c3)c(Oc3ccccc3)c2N)cn1.Cn1cc(Nc2ccc(-c3ccc(=O)n(C)c3)c(Oc3ccccc3)c2[N+](=O)[O-])cn1. The Hall–Kier alpha value is -8.40. The van der Waals surface area contributed by atoms with Crippen molar-refractivity contribution in [2.75, 3.05) is 16.4 Å². The minimum Gasteiger partial charge on any atom is -0.454 e. The van der Waals surface area contributed by atoms with Gasteiger partial charge < -0.3 is 35.0 Å². The Bertz CT molecular complexity index is 2920. The van der Waals surface area contributed by atoms with E-state index in [2.05, 4.69) is 20.8 Å². The van der Waals surface area contributed by atoms with Crippen molar-refractivity contribution in [2.24, 2.45) is 28.2 Å². The second-order valence-corrected chi connectivity index (χ2v) is 13.6. The summed E-state index contributed by atoms with van der Waals surface area (Å²) in [6, 6.07) is 31.8. The highest BCUT2D eigenvalue weighted by atomic mass is 16.6. The molecule has 60 heavy (non-hydrogen) atoms. The first-order chi connectivity index (χ1) is 28.9. The summed E-state index contributed by atoms with van der Waals surface area (Å²) in [6.45, 7) is 0. The lowest BCUT2D eigenvalue weighted by atomic mass is 10.0. The molecule has 4 aromatic heterocycles. The average Bonchev–Trinajstić information content (AvgIpc) is 3.85. The maximum absolute atomic E-state index is 12.1. The summed E-state index contributed by atoms with van der Waals surface area (Å²) in [6.07, 6.45) is 10.2. The summed E-state index contributed by atoms with van der Waals surface area (Å²) < 4.78 is 18.4. The lowest BCUT2D eigenvalue weighted by Crippen LogP contribution is -2.14. The first-order valence-electron chi connectivity index (χ1n) is 18.5. The number of ether oxygens (including phenoxy) is 2. The predicted molar refractivity (Wildman–Crippen MR) is 231 cm³/mol. The maximum atomic E-state index is 12.1. The summed E-state index contributed by atoms with van der Waals surface area (Å²) in [5.74, 6) is 1.71. The van der Waals surface area contributed by atoms with Gasteiger partial charge in [-0.05, 0) is 60.7 Å². The Labute approximate surface area is 343 Å². The van der Waals surface area contributed by atoms with Gasteiger partial charge in [0, 0.05) is 87.4 Å². The summed E-state index contributed by atoms with van der Waals surface area (Å²) in [5.41, 5.74) is 11.6. The number of nitrogens with one attached hydrogen (secondary N) is 2. The molecule has 0 spiro atoms. The molecule has 8 rings (SSSR count). The van der Waals surface area contributed by atoms with Gasteiger partial charge in [-0.15, -0.1) is 0 Å². The van der Waals surface area contributed by atoms with Crippen molar-refractivity contribution in [1.29, 1.82) is 0 Å². The van der Waals surface area contributed by atoms with E-state index in [0.717, 1.165) is 16.8 Å². The number of anilines is 5. The number of hydrogen-bond donors (Lipinski definition) is 3. The molecule has 0 atom stereocenters. The van der Waals surface area contributed by atoms with Gasteiger partial charge >= 0.3 is 5.69 Å². The topological polar surface area (TPSA) is 191 Å². The minimum absolute atomic E-state index is 0.0729. The van der Waals surface area contributed by atoms with E-state index in [9.17, 15) is 19.7 Å². The third-order valence-electron chi connectivity index (χ3n) is 9.20. The van der Waals surface area contributed by atoms with Gasteiger partial charge in [0.25, 0.3) is 0 Å². The van der Waals surface area contributed by atoms with Crippen LogP contribution in [0.25, 0.3) is 22.3 Å². The molecule has 4 N–H and O–H groups in total. The molecule has 0 aliphatic heterocycles. The number of benzene rings is 4. The van der Waals surface area contributed by atoms with Crippen molar-refractivity contribution in [3.8, 4) is 45.3 Å². The third kappa shape index (κ3) is 9.08. The fraction of sp³-hybridized carbons (Fsp3) is 0.0909. The van der Waals surface area contributed by atoms with Gasteiger partial charge in [-0.2, -0.15) is 10.2 Å². The zero-order valence-electron chi connectivity index (χ0n) is 33.0. The summed E-state index contributed by atoms with van der Waals surface area (Å²) in [7, 11) is 6.94. The Morgan fingerprint density at radius 1 is 0.583 bits per heavy atom. The molecule has 4 aromatic carbocycles. The van der Waals surface area contributed by atoms with Crippen LogP contribution in [0.3, 0.4) is 0 Å². The van der Waals surface area contributed by atoms with E-state index in [0.29, 0.717) is 45.4 Å². The monoisotopic (exact) mass is 804 g/mol. The van der Waals surface area contributed by atoms with Gasteiger partial charge in [-0.1, -0.05) is 36.4 Å². The van der Waals surface area contributed by atoms with Crippen LogP contribution in [0.2, 0.25) is 0 Å². The van der Waals surface area contributed by atoms with Crippen LogP contribution >= 0.6 is 0 Å². The van der Waals surface area contributed by atoms with Crippen LogP contribution in [0.15, 0.2) is 156 Å². The summed E-state index contributed by atoms with van der Waals surface area (Å²) >= 11 is 0. The number of aryl methyl sites for hydroxylation is 4. The Morgan fingerprint density at radius 2 is 1.03 bits per heavy atom. The van der Waals surface area contributed by atoms with E-state index in [1.807, 2.05) is 61.8 Å². The van der Waals surface area contributed by atoms with Crippen LogP contribution in [-0.4, -0.2) is 33.6 Å². The zero-order valence-corrected chi connectivity index (χ0v) is 33.0. The number of nitrogen functional groups attached to an aromatic ring is 1. The quantitative estimate of drug-likeness (QED) is 0.0650. The van der Waals surface area contributed by atoms with E-state index < -0.39 is 4.92 Å². The molecule has 16 nitrogen and oxygen atoms in total. The van der Waals surface area contributed by atoms with Gasteiger partial charge in [0.05, 0.1) is 40.1 Å². The molecule has 0 fully saturated rings. The van der Waals surface area contributed by atoms with Crippen molar-refractivity contribution >= 4 is 34.1 Å². The first-order valence-corrected chi connectivity index (χ1v) is 18.5. The standard InChI is InChI=1S/C22H19N5O4.C22H21N5O2/c1-25-13-15(8-11-20(25)28)18-9-10-19(24-16-12-23-26(2)14-16)21(27(29)30)22(18)31-17-6-4-3-5-7-17;1-26-13-15(8-11-20(26)28)18-9-10-19(25-16-12-24-27(2)14-16)21(23)22(18)29-17-6-4-3-5-7-17/h3-14,24H,1-2H3;3-14,25H,23H2,1-2H3. The number of pyridine rings is 2. The average molecular weight is 805 g/mol. The number of para-hydroxylation sites is 2. The Morgan fingerprint density at radius 3 is 1.48 bits per heavy atom. The number of nitrogens with zero attached hydrogens (tertiary/aromatic N) is 7. The number of aromatic nitrogens is 6. The fourth-order valence-electron chi connectivity index (χ4n) is 6.23. The Balaban J connectivity index is 0.000000182. The van der Waals surface area contributed by atoms with Gasteiger partial charge in [-0.25, -0.2) is 0 Å². The lowest BCUT2D eigenvalue weighted by molar-refractivity contribution is -0.384. The molecule has 4 heterocycles. The molecule has 16 heteroatoms. The van der Waals surface area contributed by atoms with Crippen LogP contribution in [0.1, 0.15) is 0 Å². The number of nitro groups is 1. The van der Waals surface area contributed by atoms with E-state index in [-0.39, 0.29) is 28.2 Å². The largest absolute Gasteiger partial charge is 0.454 e. The van der Waals surface area contributed by atoms with Gasteiger partial charge in [0.15, 0.2) is 5.75 Å². The molecule has 0 unspecified atom stereocenters. The maximum Gasteiger partial charge on any atom is 0.335 e. The second kappa shape index (κ2) is 17.4. The highest BCUT2D eigenvalue weighted by Gasteiger charge is 2.27. The third-order valence-corrected chi connectivity index (χ3v) is 9.20. The smallest absolute Gasteiger partial charge is 0.335 e. The summed E-state index contributed by atoms with van der Waals surface area (Å²) in [4.78, 5) is 35.3. The number of nitrogens with two attached hydrogens (primary N) is 1. The van der Waals surface area contributed by atoms with Crippen molar-refractivity contribution in [3.05, 3.63) is 177 Å². The summed E-state index contributed by atoms with van der Waals surface area (Å²) in [5, 5.41) is 26.7.